The first-order valence-electron chi connectivity index (χ1n) is 7.23. The topological polar surface area (TPSA) is 12.0 Å². The Balaban J connectivity index is 1.98. The van der Waals surface area contributed by atoms with Crippen LogP contribution in [-0.2, 0) is 6.54 Å². The minimum atomic E-state index is 0.721. The predicted octanol–water partition coefficient (Wildman–Crippen LogP) is 4.88. The van der Waals surface area contributed by atoms with Crippen molar-refractivity contribution in [2.45, 2.75) is 39.3 Å². The summed E-state index contributed by atoms with van der Waals surface area (Å²) in [5.74, 6) is 0. The Morgan fingerprint density at radius 3 is 2.50 bits per heavy atom. The summed E-state index contributed by atoms with van der Waals surface area (Å²) in [6.45, 7) is 5.16. The molecule has 0 atom stereocenters. The van der Waals surface area contributed by atoms with Crippen LogP contribution >= 0.6 is 11.6 Å². The Morgan fingerprint density at radius 1 is 1.05 bits per heavy atom. The van der Waals surface area contributed by atoms with Crippen LogP contribution in [0.2, 0.25) is 5.02 Å². The van der Waals surface area contributed by atoms with Crippen LogP contribution in [0.5, 0.6) is 0 Å². The van der Waals surface area contributed by atoms with Gasteiger partial charge in [0.25, 0.3) is 0 Å². The van der Waals surface area contributed by atoms with Gasteiger partial charge in [-0.15, -0.1) is 0 Å². The molecule has 0 unspecified atom stereocenters. The highest BCUT2D eigenvalue weighted by Crippen LogP contribution is 2.33. The van der Waals surface area contributed by atoms with Crippen LogP contribution in [0, 0.1) is 13.8 Å². The Hall–Kier alpha value is -1.31. The highest BCUT2D eigenvalue weighted by molar-refractivity contribution is 6.33. The average molecular weight is 286 g/mol. The Labute approximate surface area is 126 Å². The summed E-state index contributed by atoms with van der Waals surface area (Å²) in [5, 5.41) is 4.43. The molecule has 1 N–H and O–H groups in total. The standard InChI is InChI=1S/C18H20ClN/c1-12-9-17(18(19)10-13(12)2)16-6-4-3-5-14(16)11-20-15-7-8-15/h3-6,9-10,15,20H,7-8,11H2,1-2H3. The minimum absolute atomic E-state index is 0.721. The third-order valence-electron chi connectivity index (χ3n) is 4.05. The summed E-state index contributed by atoms with van der Waals surface area (Å²) < 4.78 is 0. The molecule has 0 saturated heterocycles. The van der Waals surface area contributed by atoms with Gasteiger partial charge in [-0.2, -0.15) is 0 Å². The van der Waals surface area contributed by atoms with E-state index in [0.717, 1.165) is 23.2 Å². The summed E-state index contributed by atoms with van der Waals surface area (Å²) >= 11 is 6.46. The van der Waals surface area contributed by atoms with E-state index in [1.807, 2.05) is 0 Å². The Bertz CT molecular complexity index is 629. The molecule has 2 heteroatoms. The normalized spacial score (nSPS) is 14.6. The van der Waals surface area contributed by atoms with Crippen LogP contribution in [0.3, 0.4) is 0 Å². The van der Waals surface area contributed by atoms with Crippen molar-refractivity contribution in [2.24, 2.45) is 0 Å². The first-order chi connectivity index (χ1) is 9.65. The fourth-order valence-electron chi connectivity index (χ4n) is 2.47. The Morgan fingerprint density at radius 2 is 1.75 bits per heavy atom. The number of halogens is 1. The van der Waals surface area contributed by atoms with Gasteiger partial charge in [0.2, 0.25) is 0 Å². The molecule has 0 spiro atoms. The lowest BCUT2D eigenvalue weighted by atomic mass is 9.96. The molecule has 2 aromatic carbocycles. The lowest BCUT2D eigenvalue weighted by molar-refractivity contribution is 0.689. The van der Waals surface area contributed by atoms with E-state index in [2.05, 4.69) is 55.6 Å². The zero-order valence-corrected chi connectivity index (χ0v) is 12.8. The van der Waals surface area contributed by atoms with Crippen molar-refractivity contribution in [1.82, 2.24) is 5.32 Å². The molecule has 104 valence electrons. The number of benzene rings is 2. The lowest BCUT2D eigenvalue weighted by Gasteiger charge is -2.14. The van der Waals surface area contributed by atoms with E-state index in [1.54, 1.807) is 0 Å². The van der Waals surface area contributed by atoms with Crippen molar-refractivity contribution >= 4 is 11.6 Å². The molecular weight excluding hydrogens is 266 g/mol. The van der Waals surface area contributed by atoms with E-state index < -0.39 is 0 Å². The molecule has 0 radical (unpaired) electrons. The number of hydrogen-bond donors (Lipinski definition) is 1. The molecule has 2 aromatic rings. The summed E-state index contributed by atoms with van der Waals surface area (Å²) in [6, 6.07) is 13.5. The molecule has 0 amide bonds. The average Bonchev–Trinajstić information content (AvgIpc) is 3.25. The molecule has 1 aliphatic rings. The predicted molar refractivity (Wildman–Crippen MR) is 86.2 cm³/mol. The second-order valence-corrected chi connectivity index (χ2v) is 6.14. The van der Waals surface area contributed by atoms with Crippen LogP contribution in [-0.4, -0.2) is 6.04 Å². The van der Waals surface area contributed by atoms with Gasteiger partial charge in [-0.05, 0) is 61.1 Å². The zero-order chi connectivity index (χ0) is 14.1. The number of hydrogen-bond acceptors (Lipinski definition) is 1. The van der Waals surface area contributed by atoms with Gasteiger partial charge in [0.1, 0.15) is 0 Å². The number of nitrogens with one attached hydrogen (secondary N) is 1. The summed E-state index contributed by atoms with van der Waals surface area (Å²) in [5.41, 5.74) is 6.24. The molecule has 0 bridgehead atoms. The van der Waals surface area contributed by atoms with Crippen molar-refractivity contribution in [2.75, 3.05) is 0 Å². The third-order valence-corrected chi connectivity index (χ3v) is 4.36. The molecule has 1 nitrogen and oxygen atoms in total. The van der Waals surface area contributed by atoms with E-state index >= 15 is 0 Å². The number of rotatable bonds is 4. The molecule has 0 heterocycles. The van der Waals surface area contributed by atoms with Crippen molar-refractivity contribution < 1.29 is 0 Å². The summed E-state index contributed by atoms with van der Waals surface area (Å²) in [6.07, 6.45) is 2.62. The SMILES string of the molecule is Cc1cc(Cl)c(-c2ccccc2CNC2CC2)cc1C. The molecular formula is C18H20ClN. The second-order valence-electron chi connectivity index (χ2n) is 5.73. The highest BCUT2D eigenvalue weighted by atomic mass is 35.5. The van der Waals surface area contributed by atoms with Crippen molar-refractivity contribution in [1.29, 1.82) is 0 Å². The molecule has 1 aliphatic carbocycles. The maximum Gasteiger partial charge on any atom is 0.0487 e. The zero-order valence-electron chi connectivity index (χ0n) is 12.0. The van der Waals surface area contributed by atoms with Crippen molar-refractivity contribution in [3.8, 4) is 11.1 Å². The van der Waals surface area contributed by atoms with Crippen molar-refractivity contribution in [3.05, 3.63) is 58.1 Å². The molecule has 1 saturated carbocycles. The van der Waals surface area contributed by atoms with Crippen LogP contribution in [0.4, 0.5) is 0 Å². The smallest absolute Gasteiger partial charge is 0.0487 e. The first kappa shape index (κ1) is 13.7. The first-order valence-corrected chi connectivity index (χ1v) is 7.61. The van der Waals surface area contributed by atoms with Crippen molar-refractivity contribution in [3.63, 3.8) is 0 Å². The van der Waals surface area contributed by atoms with Crippen LogP contribution < -0.4 is 5.32 Å². The van der Waals surface area contributed by atoms with Crippen LogP contribution in [0.25, 0.3) is 11.1 Å². The van der Waals surface area contributed by atoms with Gasteiger partial charge in [-0.1, -0.05) is 35.9 Å². The van der Waals surface area contributed by atoms with E-state index in [1.165, 1.54) is 35.1 Å². The van der Waals surface area contributed by atoms with Gasteiger partial charge >= 0.3 is 0 Å². The fraction of sp³-hybridized carbons (Fsp3) is 0.333. The van der Waals surface area contributed by atoms with Gasteiger partial charge in [0, 0.05) is 23.2 Å². The molecule has 0 aromatic heterocycles. The van der Waals surface area contributed by atoms with E-state index in [-0.39, 0.29) is 0 Å². The van der Waals surface area contributed by atoms with Crippen LogP contribution in [0.15, 0.2) is 36.4 Å². The summed E-state index contributed by atoms with van der Waals surface area (Å²) in [7, 11) is 0. The lowest BCUT2D eigenvalue weighted by Crippen LogP contribution is -2.15. The second kappa shape index (κ2) is 5.59. The minimum Gasteiger partial charge on any atom is -0.310 e. The largest absolute Gasteiger partial charge is 0.310 e. The Kier molecular flexibility index (Phi) is 3.82. The quantitative estimate of drug-likeness (QED) is 0.844. The third kappa shape index (κ3) is 2.89. The van der Waals surface area contributed by atoms with Gasteiger partial charge in [0.15, 0.2) is 0 Å². The molecule has 1 fully saturated rings. The van der Waals surface area contributed by atoms with Gasteiger partial charge in [-0.3, -0.25) is 0 Å². The molecule has 0 aliphatic heterocycles. The summed E-state index contributed by atoms with van der Waals surface area (Å²) in [4.78, 5) is 0. The maximum atomic E-state index is 6.46. The monoisotopic (exact) mass is 285 g/mol. The highest BCUT2D eigenvalue weighted by Gasteiger charge is 2.20. The van der Waals surface area contributed by atoms with Gasteiger partial charge < -0.3 is 5.32 Å². The number of aryl methyl sites for hydroxylation is 2. The van der Waals surface area contributed by atoms with Gasteiger partial charge in [-0.25, -0.2) is 0 Å². The van der Waals surface area contributed by atoms with E-state index in [0.29, 0.717) is 0 Å². The van der Waals surface area contributed by atoms with E-state index in [4.69, 9.17) is 11.6 Å². The fourth-order valence-corrected chi connectivity index (χ4v) is 2.79. The molecule has 3 rings (SSSR count). The van der Waals surface area contributed by atoms with Gasteiger partial charge in [0.05, 0.1) is 0 Å². The molecule has 20 heavy (non-hydrogen) atoms. The van der Waals surface area contributed by atoms with Crippen LogP contribution in [0.1, 0.15) is 29.5 Å². The maximum absolute atomic E-state index is 6.46. The van der Waals surface area contributed by atoms with E-state index in [9.17, 15) is 0 Å².